The Morgan fingerprint density at radius 3 is 2.41 bits per heavy atom. The molecule has 3 aromatic rings. The number of nitrogens with one attached hydrogen (secondary N) is 2. The van der Waals surface area contributed by atoms with Gasteiger partial charge in [-0.2, -0.15) is 0 Å². The first-order valence-electron chi connectivity index (χ1n) is 10.1. The number of esters is 1. The van der Waals surface area contributed by atoms with Gasteiger partial charge in [-0.3, -0.25) is 14.4 Å². The monoisotopic (exact) mass is 428 g/mol. The van der Waals surface area contributed by atoms with Gasteiger partial charge in [0.1, 0.15) is 5.75 Å². The zero-order valence-corrected chi connectivity index (χ0v) is 17.9. The molecule has 0 heterocycles. The first-order valence-corrected chi connectivity index (χ1v) is 10.1. The van der Waals surface area contributed by atoms with E-state index in [0.717, 1.165) is 16.7 Å². The van der Waals surface area contributed by atoms with Crippen LogP contribution in [0.25, 0.3) is 6.08 Å². The molecule has 3 aromatic carbocycles. The van der Waals surface area contributed by atoms with E-state index in [9.17, 15) is 14.4 Å². The van der Waals surface area contributed by atoms with Crippen molar-refractivity contribution in [2.45, 2.75) is 20.4 Å². The van der Waals surface area contributed by atoms with Gasteiger partial charge in [-0.25, -0.2) is 0 Å². The molecule has 0 aliphatic rings. The second kappa shape index (κ2) is 10.7. The van der Waals surface area contributed by atoms with Gasteiger partial charge in [0.15, 0.2) is 0 Å². The van der Waals surface area contributed by atoms with Crippen molar-refractivity contribution in [3.8, 4) is 5.75 Å². The summed E-state index contributed by atoms with van der Waals surface area (Å²) in [5.74, 6) is -0.638. The number of hydrogen-bond acceptors (Lipinski definition) is 4. The molecule has 3 rings (SSSR count). The lowest BCUT2D eigenvalue weighted by atomic mass is 10.1. The third-order valence-corrected chi connectivity index (χ3v) is 4.51. The summed E-state index contributed by atoms with van der Waals surface area (Å²) < 4.78 is 5.01. The summed E-state index contributed by atoms with van der Waals surface area (Å²) in [5, 5.41) is 5.63. The first-order chi connectivity index (χ1) is 15.4. The van der Waals surface area contributed by atoms with Crippen molar-refractivity contribution in [2.75, 3.05) is 5.32 Å². The Morgan fingerprint density at radius 1 is 0.938 bits per heavy atom. The maximum atomic E-state index is 12.4. The number of amides is 2. The lowest BCUT2D eigenvalue weighted by molar-refractivity contribution is -0.131. The van der Waals surface area contributed by atoms with Crippen molar-refractivity contribution < 1.29 is 19.1 Å². The molecule has 0 aliphatic heterocycles. The molecule has 2 amide bonds. The second-order valence-electron chi connectivity index (χ2n) is 7.24. The van der Waals surface area contributed by atoms with Gasteiger partial charge in [0.25, 0.3) is 5.91 Å². The molecule has 0 fully saturated rings. The zero-order valence-electron chi connectivity index (χ0n) is 17.9. The average molecular weight is 428 g/mol. The van der Waals surface area contributed by atoms with E-state index in [1.165, 1.54) is 19.1 Å². The van der Waals surface area contributed by atoms with Crippen LogP contribution in [0.4, 0.5) is 5.69 Å². The van der Waals surface area contributed by atoms with E-state index in [2.05, 4.69) is 10.6 Å². The molecule has 162 valence electrons. The fourth-order valence-corrected chi connectivity index (χ4v) is 2.97. The number of benzene rings is 3. The minimum absolute atomic E-state index is 0.184. The van der Waals surface area contributed by atoms with Gasteiger partial charge < -0.3 is 15.4 Å². The first kappa shape index (κ1) is 22.5. The van der Waals surface area contributed by atoms with Crippen LogP contribution in [-0.4, -0.2) is 17.8 Å². The summed E-state index contributed by atoms with van der Waals surface area (Å²) in [6, 6.07) is 21.5. The van der Waals surface area contributed by atoms with Crippen molar-refractivity contribution in [1.29, 1.82) is 0 Å². The highest BCUT2D eigenvalue weighted by Crippen LogP contribution is 2.16. The number of carbonyl (C=O) groups is 3. The fourth-order valence-electron chi connectivity index (χ4n) is 2.97. The predicted octanol–water partition coefficient (Wildman–Crippen LogP) is 4.50. The van der Waals surface area contributed by atoms with E-state index in [1.807, 2.05) is 43.3 Å². The number of aryl methyl sites for hydroxylation is 1. The highest BCUT2D eigenvalue weighted by Gasteiger charge is 2.08. The van der Waals surface area contributed by atoms with Crippen molar-refractivity contribution in [3.63, 3.8) is 0 Å². The molecule has 0 atom stereocenters. The van der Waals surface area contributed by atoms with Crippen LogP contribution in [0.15, 0.2) is 78.9 Å². The summed E-state index contributed by atoms with van der Waals surface area (Å²) >= 11 is 0. The van der Waals surface area contributed by atoms with Crippen LogP contribution in [0.3, 0.4) is 0 Å². The quantitative estimate of drug-likeness (QED) is 0.330. The van der Waals surface area contributed by atoms with Gasteiger partial charge in [-0.15, -0.1) is 0 Å². The minimum Gasteiger partial charge on any atom is -0.427 e. The molecule has 0 saturated heterocycles. The van der Waals surface area contributed by atoms with Crippen LogP contribution in [0.1, 0.15) is 34.0 Å². The Bertz CT molecular complexity index is 1150. The Kier molecular flexibility index (Phi) is 7.54. The van der Waals surface area contributed by atoms with Gasteiger partial charge in [-0.05, 0) is 54.5 Å². The van der Waals surface area contributed by atoms with Gasteiger partial charge in [-0.1, -0.05) is 48.0 Å². The number of hydrogen-bond donors (Lipinski definition) is 2. The van der Waals surface area contributed by atoms with E-state index >= 15 is 0 Å². The standard InChI is InChI=1S/C26H24N2O4/c1-18-5-3-6-20(15-18)11-14-25(30)27-17-21-9-12-23(13-10-21)28-26(31)22-7-4-8-24(16-22)32-19(2)29/h3-16H,17H2,1-2H3,(H,27,30)(H,28,31)/b14-11+. The molecule has 6 heteroatoms. The molecule has 0 bridgehead atoms. The fraction of sp³-hybridized carbons (Fsp3) is 0.115. The molecule has 0 spiro atoms. The molecule has 32 heavy (non-hydrogen) atoms. The molecule has 6 nitrogen and oxygen atoms in total. The van der Waals surface area contributed by atoms with Gasteiger partial charge in [0.2, 0.25) is 5.91 Å². The van der Waals surface area contributed by atoms with Crippen LogP contribution < -0.4 is 15.4 Å². The molecule has 0 aromatic heterocycles. The summed E-state index contributed by atoms with van der Waals surface area (Å²) in [7, 11) is 0. The maximum absolute atomic E-state index is 12.4. The minimum atomic E-state index is -0.448. The normalized spacial score (nSPS) is 10.6. The molecule has 0 radical (unpaired) electrons. The lowest BCUT2D eigenvalue weighted by Gasteiger charge is -2.08. The molecular weight excluding hydrogens is 404 g/mol. The molecule has 0 saturated carbocycles. The lowest BCUT2D eigenvalue weighted by Crippen LogP contribution is -2.20. The van der Waals surface area contributed by atoms with Crippen LogP contribution >= 0.6 is 0 Å². The third kappa shape index (κ3) is 6.95. The third-order valence-electron chi connectivity index (χ3n) is 4.51. The van der Waals surface area contributed by atoms with Crippen LogP contribution in [-0.2, 0) is 16.1 Å². The van der Waals surface area contributed by atoms with E-state index in [4.69, 9.17) is 4.74 Å². The average Bonchev–Trinajstić information content (AvgIpc) is 2.77. The zero-order chi connectivity index (χ0) is 22.9. The SMILES string of the molecule is CC(=O)Oc1cccc(C(=O)Nc2ccc(CNC(=O)/C=C/c3cccc(C)c3)cc2)c1. The van der Waals surface area contributed by atoms with Crippen molar-refractivity contribution in [3.05, 3.63) is 101 Å². The summed E-state index contributed by atoms with van der Waals surface area (Å²) in [5.41, 5.74) is 4.00. The highest BCUT2D eigenvalue weighted by molar-refractivity contribution is 6.04. The number of rotatable bonds is 7. The van der Waals surface area contributed by atoms with Crippen LogP contribution in [0.2, 0.25) is 0 Å². The van der Waals surface area contributed by atoms with E-state index in [-0.39, 0.29) is 11.8 Å². The van der Waals surface area contributed by atoms with Crippen molar-refractivity contribution >= 4 is 29.5 Å². The maximum Gasteiger partial charge on any atom is 0.308 e. The van der Waals surface area contributed by atoms with E-state index in [1.54, 1.807) is 36.4 Å². The van der Waals surface area contributed by atoms with Crippen molar-refractivity contribution in [1.82, 2.24) is 5.32 Å². The second-order valence-corrected chi connectivity index (χ2v) is 7.24. The van der Waals surface area contributed by atoms with Gasteiger partial charge in [0.05, 0.1) is 0 Å². The predicted molar refractivity (Wildman–Crippen MR) is 124 cm³/mol. The van der Waals surface area contributed by atoms with Crippen LogP contribution in [0.5, 0.6) is 5.75 Å². The van der Waals surface area contributed by atoms with Gasteiger partial charge in [0, 0.05) is 30.8 Å². The smallest absolute Gasteiger partial charge is 0.308 e. The Hall–Kier alpha value is -4.19. The molecule has 0 aliphatic carbocycles. The number of ether oxygens (including phenoxy) is 1. The number of anilines is 1. The number of carbonyl (C=O) groups excluding carboxylic acids is 3. The van der Waals surface area contributed by atoms with Crippen LogP contribution in [0, 0.1) is 6.92 Å². The Balaban J connectivity index is 1.52. The van der Waals surface area contributed by atoms with Crippen molar-refractivity contribution in [2.24, 2.45) is 0 Å². The Labute approximate surface area is 186 Å². The van der Waals surface area contributed by atoms with Gasteiger partial charge >= 0.3 is 5.97 Å². The summed E-state index contributed by atoms with van der Waals surface area (Å²) in [6.45, 7) is 3.68. The van der Waals surface area contributed by atoms with E-state index in [0.29, 0.717) is 23.5 Å². The highest BCUT2D eigenvalue weighted by atomic mass is 16.5. The topological polar surface area (TPSA) is 84.5 Å². The summed E-state index contributed by atoms with van der Waals surface area (Å²) in [4.78, 5) is 35.6. The molecule has 0 unspecified atom stereocenters. The van der Waals surface area contributed by atoms with E-state index < -0.39 is 5.97 Å². The molecular formula is C26H24N2O4. The molecule has 2 N–H and O–H groups in total. The largest absolute Gasteiger partial charge is 0.427 e. The Morgan fingerprint density at radius 2 is 1.69 bits per heavy atom. The summed E-state index contributed by atoms with van der Waals surface area (Å²) in [6.07, 6.45) is 3.28.